The highest BCUT2D eigenvalue weighted by molar-refractivity contribution is 5.32. The molecule has 0 aromatic heterocycles. The number of alkyl halides is 4. The predicted molar refractivity (Wildman–Crippen MR) is 47.0 cm³/mol. The van der Waals surface area contributed by atoms with Gasteiger partial charge in [0.15, 0.2) is 0 Å². The SMILES string of the molecule is Cc1ccc(C(F)(F)C(O)(F)F)cc1C. The predicted octanol–water partition coefficient (Wildman–Crippen LogP) is 2.98. The van der Waals surface area contributed by atoms with Crippen molar-refractivity contribution in [2.75, 3.05) is 0 Å². The first kappa shape index (κ1) is 12.0. The number of benzene rings is 1. The minimum absolute atomic E-state index is 0.469. The van der Waals surface area contributed by atoms with Gasteiger partial charge in [-0.3, -0.25) is 0 Å². The van der Waals surface area contributed by atoms with Crippen LogP contribution in [0.1, 0.15) is 16.7 Å². The summed E-state index contributed by atoms with van der Waals surface area (Å²) >= 11 is 0. The Morgan fingerprint density at radius 1 is 1.00 bits per heavy atom. The summed E-state index contributed by atoms with van der Waals surface area (Å²) in [5, 5.41) is 8.08. The zero-order chi connectivity index (χ0) is 11.9. The van der Waals surface area contributed by atoms with E-state index in [1.54, 1.807) is 6.92 Å². The molecule has 1 N–H and O–H groups in total. The van der Waals surface area contributed by atoms with E-state index in [1.807, 2.05) is 0 Å². The maximum atomic E-state index is 13.0. The summed E-state index contributed by atoms with van der Waals surface area (Å²) in [6, 6.07) is 3.14. The lowest BCUT2D eigenvalue weighted by molar-refractivity contribution is -0.332. The van der Waals surface area contributed by atoms with Crippen LogP contribution in [-0.2, 0) is 5.92 Å². The third-order valence-electron chi connectivity index (χ3n) is 2.25. The lowest BCUT2D eigenvalue weighted by Gasteiger charge is -2.22. The molecule has 0 saturated heterocycles. The van der Waals surface area contributed by atoms with Gasteiger partial charge in [0.1, 0.15) is 0 Å². The van der Waals surface area contributed by atoms with E-state index in [0.29, 0.717) is 5.56 Å². The average Bonchev–Trinajstić information content (AvgIpc) is 2.07. The zero-order valence-corrected chi connectivity index (χ0v) is 8.19. The summed E-state index contributed by atoms with van der Waals surface area (Å²) in [6.45, 7) is 3.21. The molecule has 1 aromatic carbocycles. The number of rotatable bonds is 2. The summed E-state index contributed by atoms with van der Waals surface area (Å²) in [6.07, 6.45) is -5.05. The highest BCUT2D eigenvalue weighted by Crippen LogP contribution is 2.41. The summed E-state index contributed by atoms with van der Waals surface area (Å²) in [5.41, 5.74) is 0.297. The van der Waals surface area contributed by atoms with Crippen LogP contribution < -0.4 is 0 Å². The Bertz CT molecular complexity index is 368. The molecule has 0 amide bonds. The van der Waals surface area contributed by atoms with Crippen LogP contribution in [0.25, 0.3) is 0 Å². The van der Waals surface area contributed by atoms with Gasteiger partial charge < -0.3 is 5.11 Å². The number of hydrogen-bond acceptors (Lipinski definition) is 1. The van der Waals surface area contributed by atoms with Gasteiger partial charge in [-0.15, -0.1) is 0 Å². The highest BCUT2D eigenvalue weighted by Gasteiger charge is 2.56. The Morgan fingerprint density at radius 2 is 1.53 bits per heavy atom. The van der Waals surface area contributed by atoms with Crippen LogP contribution in [0.3, 0.4) is 0 Å². The van der Waals surface area contributed by atoms with Crippen LogP contribution in [0.5, 0.6) is 0 Å². The summed E-state index contributed by atoms with van der Waals surface area (Å²) in [7, 11) is 0. The standard InChI is InChI=1S/C10H10F4O/c1-6-3-4-8(5-7(6)2)9(11,12)10(13,14)15/h3-5,15H,1-2H3. The average molecular weight is 222 g/mol. The summed E-state index contributed by atoms with van der Waals surface area (Å²) in [4.78, 5) is 0. The van der Waals surface area contributed by atoms with Gasteiger partial charge in [0.05, 0.1) is 0 Å². The lowest BCUT2D eigenvalue weighted by atomic mass is 10.0. The van der Waals surface area contributed by atoms with E-state index in [2.05, 4.69) is 0 Å². The van der Waals surface area contributed by atoms with Crippen LogP contribution in [0.2, 0.25) is 0 Å². The quantitative estimate of drug-likeness (QED) is 0.762. The van der Waals surface area contributed by atoms with Crippen molar-refractivity contribution < 1.29 is 22.7 Å². The van der Waals surface area contributed by atoms with Crippen LogP contribution in [-0.4, -0.2) is 11.2 Å². The fourth-order valence-corrected chi connectivity index (χ4v) is 1.11. The van der Waals surface area contributed by atoms with Crippen molar-refractivity contribution in [2.24, 2.45) is 0 Å². The molecule has 0 bridgehead atoms. The number of hydrogen-bond donors (Lipinski definition) is 1. The van der Waals surface area contributed by atoms with Crippen molar-refractivity contribution in [3.05, 3.63) is 34.9 Å². The summed E-state index contributed by atoms with van der Waals surface area (Å²) in [5.74, 6) is -4.56. The molecular weight excluding hydrogens is 212 g/mol. The van der Waals surface area contributed by atoms with Gasteiger partial charge in [0.2, 0.25) is 0 Å². The van der Waals surface area contributed by atoms with Crippen molar-refractivity contribution in [1.82, 2.24) is 0 Å². The Hall–Kier alpha value is -1.10. The second-order valence-electron chi connectivity index (χ2n) is 3.41. The smallest absolute Gasteiger partial charge is 0.331 e. The largest absolute Gasteiger partial charge is 0.421 e. The van der Waals surface area contributed by atoms with Gasteiger partial charge in [-0.25, -0.2) is 0 Å². The first-order valence-corrected chi connectivity index (χ1v) is 4.22. The van der Waals surface area contributed by atoms with Crippen molar-refractivity contribution in [3.8, 4) is 0 Å². The van der Waals surface area contributed by atoms with E-state index >= 15 is 0 Å². The zero-order valence-electron chi connectivity index (χ0n) is 8.19. The number of aliphatic hydroxyl groups is 1. The monoisotopic (exact) mass is 222 g/mol. The van der Waals surface area contributed by atoms with Crippen molar-refractivity contribution in [2.45, 2.75) is 25.9 Å². The molecule has 0 spiro atoms. The lowest BCUT2D eigenvalue weighted by Crippen LogP contribution is -2.37. The van der Waals surface area contributed by atoms with Crippen LogP contribution in [0.15, 0.2) is 18.2 Å². The van der Waals surface area contributed by atoms with Gasteiger partial charge in [0.25, 0.3) is 0 Å². The molecule has 0 aliphatic heterocycles. The van der Waals surface area contributed by atoms with E-state index in [4.69, 9.17) is 5.11 Å². The Labute approximate surface area is 84.3 Å². The molecule has 0 fully saturated rings. The van der Waals surface area contributed by atoms with Crippen molar-refractivity contribution >= 4 is 0 Å². The molecular formula is C10H10F4O. The van der Waals surface area contributed by atoms with E-state index < -0.39 is 17.6 Å². The Balaban J connectivity index is 3.22. The second-order valence-corrected chi connectivity index (χ2v) is 3.41. The molecule has 0 aliphatic carbocycles. The van der Waals surface area contributed by atoms with Gasteiger partial charge >= 0.3 is 12.0 Å². The van der Waals surface area contributed by atoms with E-state index in [9.17, 15) is 17.6 Å². The van der Waals surface area contributed by atoms with Gasteiger partial charge in [-0.05, 0) is 31.0 Å². The normalized spacial score (nSPS) is 13.0. The van der Waals surface area contributed by atoms with Crippen LogP contribution in [0, 0.1) is 13.8 Å². The van der Waals surface area contributed by atoms with E-state index in [-0.39, 0.29) is 0 Å². The van der Waals surface area contributed by atoms with Crippen molar-refractivity contribution in [3.63, 3.8) is 0 Å². The molecule has 0 unspecified atom stereocenters. The molecule has 1 nitrogen and oxygen atoms in total. The molecule has 1 aromatic rings. The maximum Gasteiger partial charge on any atom is 0.421 e. The molecule has 0 heterocycles. The van der Waals surface area contributed by atoms with E-state index in [1.165, 1.54) is 13.0 Å². The molecule has 0 atom stereocenters. The number of aryl methyl sites for hydroxylation is 2. The highest BCUT2D eigenvalue weighted by atomic mass is 19.3. The third-order valence-corrected chi connectivity index (χ3v) is 2.25. The molecule has 84 valence electrons. The summed E-state index contributed by atoms with van der Waals surface area (Å²) < 4.78 is 50.4. The maximum absolute atomic E-state index is 13.0. The second kappa shape index (κ2) is 3.48. The van der Waals surface area contributed by atoms with Gasteiger partial charge in [-0.2, -0.15) is 17.6 Å². The Kier molecular flexibility index (Phi) is 2.78. The Morgan fingerprint density at radius 3 is 1.93 bits per heavy atom. The molecule has 5 heteroatoms. The van der Waals surface area contributed by atoms with Crippen LogP contribution >= 0.6 is 0 Å². The fourth-order valence-electron chi connectivity index (χ4n) is 1.11. The minimum Gasteiger partial charge on any atom is -0.331 e. The molecule has 0 radical (unpaired) electrons. The number of halogens is 4. The molecule has 1 rings (SSSR count). The third kappa shape index (κ3) is 2.12. The van der Waals surface area contributed by atoms with E-state index in [0.717, 1.165) is 17.7 Å². The molecule has 15 heavy (non-hydrogen) atoms. The minimum atomic E-state index is -5.05. The van der Waals surface area contributed by atoms with Gasteiger partial charge in [-0.1, -0.05) is 12.1 Å². The van der Waals surface area contributed by atoms with Crippen molar-refractivity contribution in [1.29, 1.82) is 0 Å². The van der Waals surface area contributed by atoms with Crippen LogP contribution in [0.4, 0.5) is 17.6 Å². The topological polar surface area (TPSA) is 20.2 Å². The first-order chi connectivity index (χ1) is 6.66. The fraction of sp³-hybridized carbons (Fsp3) is 0.400. The first-order valence-electron chi connectivity index (χ1n) is 4.22. The molecule has 0 aliphatic rings. The van der Waals surface area contributed by atoms with Gasteiger partial charge in [0, 0.05) is 5.56 Å². The molecule has 0 saturated carbocycles.